The van der Waals surface area contributed by atoms with Crippen molar-refractivity contribution in [2.45, 2.75) is 43.7 Å². The van der Waals surface area contributed by atoms with E-state index in [0.717, 1.165) is 24.6 Å². The molecular weight excluding hydrogens is 346 g/mol. The Hall–Kier alpha value is -1.75. The van der Waals surface area contributed by atoms with E-state index in [-0.39, 0.29) is 12.6 Å². The monoisotopic (exact) mass is 377 g/mol. The van der Waals surface area contributed by atoms with Gasteiger partial charge in [0.25, 0.3) is 0 Å². The van der Waals surface area contributed by atoms with Gasteiger partial charge >= 0.3 is 0 Å². The zero-order chi connectivity index (χ0) is 18.9. The van der Waals surface area contributed by atoms with E-state index in [1.165, 1.54) is 49.9 Å². The van der Waals surface area contributed by atoms with Crippen LogP contribution in [0.5, 0.6) is 0 Å². The van der Waals surface area contributed by atoms with Crippen molar-refractivity contribution in [2.75, 3.05) is 32.8 Å². The number of hydrogen-bond donors (Lipinski definition) is 1. The van der Waals surface area contributed by atoms with Crippen LogP contribution in [0, 0.1) is 5.92 Å². The second-order valence-corrected chi connectivity index (χ2v) is 8.85. The first-order valence-corrected chi connectivity index (χ1v) is 10.9. The first-order valence-electron chi connectivity index (χ1n) is 10.9. The molecule has 28 heavy (non-hydrogen) atoms. The molecule has 0 spiro atoms. The Morgan fingerprint density at radius 3 is 2.54 bits per heavy atom. The second kappa shape index (κ2) is 7.94. The van der Waals surface area contributed by atoms with Gasteiger partial charge in [-0.1, -0.05) is 30.3 Å². The van der Waals surface area contributed by atoms with Crippen LogP contribution in [0.3, 0.4) is 0 Å². The molecule has 2 aliphatic heterocycles. The molecule has 1 aliphatic carbocycles. The molecule has 0 radical (unpaired) electrons. The second-order valence-electron chi connectivity index (χ2n) is 8.85. The third kappa shape index (κ3) is 3.61. The van der Waals surface area contributed by atoms with Gasteiger partial charge < -0.3 is 10.0 Å². The molecule has 0 unspecified atom stereocenters. The number of aromatic nitrogens is 1. The van der Waals surface area contributed by atoms with E-state index in [4.69, 9.17) is 0 Å². The standard InChI is InChI=1S/C24H31N3O/c28-17-23-24(20-9-7-19(8-10-20)21-4-3-11-25-14-21)22-16-26(15-18-5-6-18)12-1-2-13-27(22)23/h3-4,7-11,14,18,22-24,28H,1-2,5-6,12-13,15-17H2/t22-,23+,24+/m0/s1. The van der Waals surface area contributed by atoms with Crippen molar-refractivity contribution >= 4 is 0 Å². The molecule has 4 heteroatoms. The number of pyridine rings is 1. The summed E-state index contributed by atoms with van der Waals surface area (Å²) in [5, 5.41) is 10.1. The number of hydrogen-bond acceptors (Lipinski definition) is 4. The molecule has 5 rings (SSSR count). The summed E-state index contributed by atoms with van der Waals surface area (Å²) in [5.41, 5.74) is 3.74. The van der Waals surface area contributed by atoms with E-state index in [9.17, 15) is 5.11 Å². The summed E-state index contributed by atoms with van der Waals surface area (Å²) in [4.78, 5) is 9.53. The summed E-state index contributed by atoms with van der Waals surface area (Å²) >= 11 is 0. The first kappa shape index (κ1) is 18.3. The number of fused-ring (bicyclic) bond motifs is 1. The Kier molecular flexibility index (Phi) is 5.19. The summed E-state index contributed by atoms with van der Waals surface area (Å²) in [6.45, 7) is 5.08. The molecule has 1 N–H and O–H groups in total. The van der Waals surface area contributed by atoms with Crippen LogP contribution in [0.4, 0.5) is 0 Å². The van der Waals surface area contributed by atoms with Crippen molar-refractivity contribution in [3.8, 4) is 11.1 Å². The minimum absolute atomic E-state index is 0.258. The molecule has 3 fully saturated rings. The van der Waals surface area contributed by atoms with E-state index in [2.05, 4.69) is 45.1 Å². The van der Waals surface area contributed by atoms with Gasteiger partial charge in [0.2, 0.25) is 0 Å². The van der Waals surface area contributed by atoms with Crippen LogP contribution in [-0.4, -0.2) is 64.8 Å². The highest BCUT2D eigenvalue weighted by Crippen LogP contribution is 2.42. The van der Waals surface area contributed by atoms with E-state index >= 15 is 0 Å². The maximum Gasteiger partial charge on any atom is 0.0593 e. The van der Waals surface area contributed by atoms with E-state index in [0.29, 0.717) is 12.0 Å². The van der Waals surface area contributed by atoms with Crippen LogP contribution in [0.1, 0.15) is 37.2 Å². The van der Waals surface area contributed by atoms with Crippen LogP contribution in [0.15, 0.2) is 48.8 Å². The van der Waals surface area contributed by atoms with Gasteiger partial charge in [-0.25, -0.2) is 0 Å². The summed E-state index contributed by atoms with van der Waals surface area (Å²) < 4.78 is 0. The van der Waals surface area contributed by atoms with Gasteiger partial charge in [0.1, 0.15) is 0 Å². The SMILES string of the molecule is OC[C@@H]1[C@H](c2ccc(-c3cccnc3)cc2)[C@@H]2CN(CC3CC3)CCCCN12. The average molecular weight is 378 g/mol. The quantitative estimate of drug-likeness (QED) is 0.867. The Morgan fingerprint density at radius 2 is 1.82 bits per heavy atom. The maximum absolute atomic E-state index is 10.1. The van der Waals surface area contributed by atoms with Crippen molar-refractivity contribution in [3.05, 3.63) is 54.4 Å². The molecule has 0 bridgehead atoms. The fourth-order valence-electron chi connectivity index (χ4n) is 5.27. The summed E-state index contributed by atoms with van der Waals surface area (Å²) in [7, 11) is 0. The minimum Gasteiger partial charge on any atom is -0.395 e. The zero-order valence-electron chi connectivity index (χ0n) is 16.6. The Labute approximate surface area is 168 Å². The van der Waals surface area contributed by atoms with Crippen LogP contribution >= 0.6 is 0 Å². The molecule has 3 aliphatic rings. The van der Waals surface area contributed by atoms with Crippen molar-refractivity contribution in [3.63, 3.8) is 0 Å². The van der Waals surface area contributed by atoms with Crippen molar-refractivity contribution in [2.24, 2.45) is 5.92 Å². The molecule has 1 aromatic heterocycles. The number of rotatable bonds is 5. The average Bonchev–Trinajstić information content (AvgIpc) is 3.54. The van der Waals surface area contributed by atoms with Gasteiger partial charge in [-0.05, 0) is 67.4 Å². The van der Waals surface area contributed by atoms with Crippen molar-refractivity contribution in [1.29, 1.82) is 0 Å². The van der Waals surface area contributed by atoms with Crippen LogP contribution in [-0.2, 0) is 0 Å². The number of aliphatic hydroxyl groups is 1. The molecule has 1 saturated carbocycles. The van der Waals surface area contributed by atoms with Gasteiger partial charge in [-0.2, -0.15) is 0 Å². The smallest absolute Gasteiger partial charge is 0.0593 e. The lowest BCUT2D eigenvalue weighted by molar-refractivity contribution is -0.0649. The molecule has 1 aromatic carbocycles. The Balaban J connectivity index is 1.36. The van der Waals surface area contributed by atoms with Crippen LogP contribution < -0.4 is 0 Å². The summed E-state index contributed by atoms with van der Waals surface area (Å²) in [6.07, 6.45) is 9.11. The third-order valence-corrected chi connectivity index (χ3v) is 6.96. The first-order chi connectivity index (χ1) is 13.8. The molecule has 2 aromatic rings. The highest BCUT2D eigenvalue weighted by atomic mass is 16.3. The van der Waals surface area contributed by atoms with Crippen LogP contribution in [0.2, 0.25) is 0 Å². The fourth-order valence-corrected chi connectivity index (χ4v) is 5.27. The molecule has 4 nitrogen and oxygen atoms in total. The van der Waals surface area contributed by atoms with Crippen molar-refractivity contribution in [1.82, 2.24) is 14.8 Å². The molecule has 3 atom stereocenters. The number of aliphatic hydroxyl groups excluding tert-OH is 1. The molecular formula is C24H31N3O. The zero-order valence-corrected chi connectivity index (χ0v) is 16.6. The lowest BCUT2D eigenvalue weighted by Gasteiger charge is -2.57. The molecule has 148 valence electrons. The lowest BCUT2D eigenvalue weighted by Crippen LogP contribution is -2.67. The third-order valence-electron chi connectivity index (χ3n) is 6.96. The van der Waals surface area contributed by atoms with E-state index in [1.54, 1.807) is 0 Å². The van der Waals surface area contributed by atoms with Crippen molar-refractivity contribution < 1.29 is 5.11 Å². The van der Waals surface area contributed by atoms with Gasteiger partial charge in [0.05, 0.1) is 6.61 Å². The van der Waals surface area contributed by atoms with Gasteiger partial charge in [0, 0.05) is 43.5 Å². The van der Waals surface area contributed by atoms with Gasteiger partial charge in [0.15, 0.2) is 0 Å². The predicted octanol–water partition coefficient (Wildman–Crippen LogP) is 3.38. The highest BCUT2D eigenvalue weighted by molar-refractivity contribution is 5.62. The summed E-state index contributed by atoms with van der Waals surface area (Å²) in [6, 6.07) is 13.9. The van der Waals surface area contributed by atoms with Gasteiger partial charge in [-0.3, -0.25) is 9.88 Å². The molecule has 2 saturated heterocycles. The lowest BCUT2D eigenvalue weighted by atomic mass is 9.74. The fraction of sp³-hybridized carbons (Fsp3) is 0.542. The normalized spacial score (nSPS) is 28.8. The highest BCUT2D eigenvalue weighted by Gasteiger charge is 2.49. The predicted molar refractivity (Wildman–Crippen MR) is 112 cm³/mol. The van der Waals surface area contributed by atoms with E-state index < -0.39 is 0 Å². The molecule has 0 amide bonds. The Morgan fingerprint density at radius 1 is 1.00 bits per heavy atom. The number of nitrogens with zero attached hydrogens (tertiary/aromatic N) is 3. The Bertz CT molecular complexity index is 774. The topological polar surface area (TPSA) is 39.6 Å². The minimum atomic E-state index is 0.258. The van der Waals surface area contributed by atoms with E-state index in [1.807, 2.05) is 18.5 Å². The molecule has 3 heterocycles. The maximum atomic E-state index is 10.1. The van der Waals surface area contributed by atoms with Crippen LogP contribution in [0.25, 0.3) is 11.1 Å². The summed E-state index contributed by atoms with van der Waals surface area (Å²) in [5.74, 6) is 1.38. The van der Waals surface area contributed by atoms with Gasteiger partial charge in [-0.15, -0.1) is 0 Å². The number of benzene rings is 1. The largest absolute Gasteiger partial charge is 0.395 e.